The van der Waals surface area contributed by atoms with Gasteiger partial charge in [0.05, 0.1) is 71.1 Å². The fraction of sp³-hybridized carbons (Fsp3) is 0.531. The van der Waals surface area contributed by atoms with Crippen molar-refractivity contribution in [3.8, 4) is 5.88 Å². The number of aromatic nitrogens is 24. The summed E-state index contributed by atoms with van der Waals surface area (Å²) in [6, 6.07) is 0. The van der Waals surface area contributed by atoms with E-state index in [4.69, 9.17) is 117 Å². The molecule has 9 aliphatic rings. The lowest BCUT2D eigenvalue weighted by Crippen LogP contribution is -2.38. The zero-order valence-electron chi connectivity index (χ0n) is 69.0. The Morgan fingerprint density at radius 1 is 0.356 bits per heavy atom. The molecule has 12 aromatic rings. The minimum Gasteiger partial charge on any atom is -0.479 e. The molecular weight excluding hydrogens is 1960 g/mol. The molecule has 9 saturated heterocycles. The molecule has 30 atom stereocenters. The van der Waals surface area contributed by atoms with Crippen LogP contribution in [0.3, 0.4) is 0 Å². The van der Waals surface area contributed by atoms with Crippen LogP contribution < -0.4 is 21.9 Å². The number of aryl methyl sites for hydroxylation is 3. The van der Waals surface area contributed by atoms with E-state index in [1.54, 1.807) is 20.8 Å². The number of rotatable bonds is 7. The van der Waals surface area contributed by atoms with Crippen LogP contribution in [-0.2, 0) is 111 Å². The maximum Gasteiger partial charge on any atom is 0.472 e. The van der Waals surface area contributed by atoms with E-state index in [-0.39, 0.29) is 84.3 Å². The number of aliphatic hydroxyl groups is 6. The van der Waals surface area contributed by atoms with Gasteiger partial charge in [-0.05, 0) is 20.8 Å². The molecule has 12 aromatic heterocycles. The van der Waals surface area contributed by atoms with Crippen molar-refractivity contribution in [2.24, 2.45) is 0 Å². The van der Waals surface area contributed by atoms with Crippen molar-refractivity contribution in [3.05, 3.63) is 85.8 Å². The van der Waals surface area contributed by atoms with Crippen LogP contribution in [0, 0.1) is 20.8 Å². The lowest BCUT2D eigenvalue weighted by molar-refractivity contribution is -0.168. The molecule has 0 spiro atoms. The molecule has 0 amide bonds. The number of hydrogen-bond acceptors (Lipinski definition) is 52. The molecule has 135 heavy (non-hydrogen) atoms. The number of nitrogen functional groups attached to an aromatic ring is 3. The number of ether oxygens (including phenoxy) is 10. The van der Waals surface area contributed by atoms with Crippen LogP contribution in [0.4, 0.5) is 17.5 Å². The molecule has 0 radical (unpaired) electrons. The Morgan fingerprint density at radius 3 is 1.03 bits per heavy atom. The Balaban J connectivity index is 0.000000130. The minimum absolute atomic E-state index is 0.0426. The number of imidazole rings is 6. The number of aliphatic hydroxyl groups excluding tert-OH is 6. The van der Waals surface area contributed by atoms with Crippen molar-refractivity contribution in [1.82, 2.24) is 117 Å². The number of phosphoric acid groups is 3. The van der Waals surface area contributed by atoms with Crippen molar-refractivity contribution in [2.45, 2.75) is 169 Å². The first-order valence-electron chi connectivity index (χ1n) is 39.5. The second kappa shape index (κ2) is 36.3. The topological polar surface area (TPSA) is 860 Å². The third kappa shape index (κ3) is 18.5. The first kappa shape index (κ1) is 94.9. The van der Waals surface area contributed by atoms with E-state index in [2.05, 4.69) is 89.7 Å². The highest BCUT2D eigenvalue weighted by Crippen LogP contribution is 2.59. The number of methoxy groups -OCH3 is 1. The van der Waals surface area contributed by atoms with E-state index in [9.17, 15) is 87.4 Å². The third-order valence-corrected chi connectivity index (χ3v) is 28.3. The highest BCUT2D eigenvalue weighted by Gasteiger charge is 2.59. The number of phosphoric ester groups is 3. The van der Waals surface area contributed by atoms with Crippen LogP contribution in [-0.4, -0.2) is 334 Å². The van der Waals surface area contributed by atoms with Gasteiger partial charge in [0.15, 0.2) is 156 Å². The highest BCUT2D eigenvalue weighted by molar-refractivity contribution is 7.53. The van der Waals surface area contributed by atoms with E-state index in [0.717, 1.165) is 19.0 Å². The molecule has 12 unspecified atom stereocenters. The lowest BCUT2D eigenvalue weighted by atomic mass is 10.1. The maximum absolute atomic E-state index is 13.2. The van der Waals surface area contributed by atoms with Gasteiger partial charge in [0.25, 0.3) is 0 Å². The van der Waals surface area contributed by atoms with Crippen molar-refractivity contribution in [3.63, 3.8) is 0 Å². The molecule has 0 aromatic carbocycles. The summed E-state index contributed by atoms with van der Waals surface area (Å²) in [4.78, 5) is 138. The van der Waals surface area contributed by atoms with Gasteiger partial charge in [-0.2, -0.15) is 4.98 Å². The number of nitrogens with zero attached hydrogens (tertiary/aromatic N) is 24. The van der Waals surface area contributed by atoms with Gasteiger partial charge in [-0.1, -0.05) is 11.6 Å². The van der Waals surface area contributed by atoms with E-state index in [0.29, 0.717) is 28.6 Å². The molecular formula is C64H76ClN27O37P6. The summed E-state index contributed by atoms with van der Waals surface area (Å²) in [5, 5.41) is 67.0. The Morgan fingerprint density at radius 2 is 0.659 bits per heavy atom. The predicted molar refractivity (Wildman–Crippen MR) is 434 cm³/mol. The number of fused-ring (bicyclic) bond motifs is 12. The van der Waals surface area contributed by atoms with Gasteiger partial charge >= 0.3 is 46.3 Å². The zero-order chi connectivity index (χ0) is 95.3. The van der Waals surface area contributed by atoms with Gasteiger partial charge in [0.2, 0.25) is 5.88 Å². The molecule has 21 heterocycles. The van der Waals surface area contributed by atoms with Crippen molar-refractivity contribution in [1.29, 1.82) is 0 Å². The first-order valence-corrected chi connectivity index (χ1v) is 49.6. The second-order valence-electron chi connectivity index (χ2n) is 30.9. The van der Waals surface area contributed by atoms with Gasteiger partial charge < -0.3 is 125 Å². The Labute approximate surface area is 755 Å². The van der Waals surface area contributed by atoms with Gasteiger partial charge in [-0.15, -0.1) is 0 Å². The average molecular weight is 2040 g/mol. The van der Waals surface area contributed by atoms with Gasteiger partial charge in [0, 0.05) is 0 Å². The van der Waals surface area contributed by atoms with Crippen molar-refractivity contribution < 1.29 is 175 Å². The summed E-state index contributed by atoms with van der Waals surface area (Å²) >= 11 is 6.17. The monoisotopic (exact) mass is 2040 g/mol. The predicted octanol–water partition coefficient (Wildman–Crippen LogP) is -2.06. The van der Waals surface area contributed by atoms with Crippen LogP contribution in [0.2, 0.25) is 5.15 Å². The maximum atomic E-state index is 13.2. The van der Waals surface area contributed by atoms with Crippen LogP contribution in [0.25, 0.3) is 67.0 Å². The van der Waals surface area contributed by atoms with Crippen LogP contribution in [0.5, 0.6) is 5.88 Å². The third-order valence-electron chi connectivity index (χ3n) is 21.9. The van der Waals surface area contributed by atoms with Crippen LogP contribution >= 0.6 is 57.9 Å². The largest absolute Gasteiger partial charge is 0.479 e. The standard InChI is InChI=1S/C22H27N9O13P2.C21H24ClN9O12P2.C21H25N9O12P2/c1-8-28-18-11(19(29-8)38-2)27-6-31(18)20-12(32)14-9(41-20)3-40-46(36,37)44-15-13(33)21(42-22(15)39-7-45(34,35)43-14)30-5-26-10-16(23)24-4-25-17(10)30;1-7-28-15(22)9-18(29-7)31(4-26-9)19-11(32)13-8(40-19)2-39-45(36,37)43-14-12(33)20(41-21(14)38-6-44(34,35)42-13)30-5-27-10-16(23)24-3-25-17(10)30;1-8-23-2-9-17(28-8)29(5-26-9)19-12(31)14-10(39-19)3-38-44(35,36)42-15-13(32)20(40-21(15)37-7-43(33,34)41-14)30-6-27-11-16(22)24-4-25-18(11)30/h4-6,9,12-15,20-22,32-33H,3,7H2,1-2H3,(H,34,35)(H,36,37)(H2,23,24,25);3-5,8,11-14,19-21,32-33H,2,6H2,1H3,(H,34,35)(H,36,37)(H2,23,24,25);2,4-6,10,12-15,19-21,31-32H,3,7H2,1H3,(H,33,34)(H,35,36)(H2,22,24,25)/t9-,12?,13?,14+,15-,20-,21-,22+;8-,11?,12?,13+,14-,19-,20-,21+;10-,12?,13?,14+,15-,19-,20-,21+/m111/s1. The first-order chi connectivity index (χ1) is 64.1. The summed E-state index contributed by atoms with van der Waals surface area (Å²) in [5.41, 5.74) is 20.0. The molecule has 9 aliphatic heterocycles. The molecule has 0 aliphatic carbocycles. The number of hydrogen-bond donors (Lipinski definition) is 15. The minimum atomic E-state index is -5.04. The fourth-order valence-electron chi connectivity index (χ4n) is 15.9. The van der Waals surface area contributed by atoms with Gasteiger partial charge in [0.1, 0.15) is 137 Å². The number of halogens is 1. The molecule has 9 fully saturated rings. The Kier molecular flexibility index (Phi) is 25.5. The summed E-state index contributed by atoms with van der Waals surface area (Å²) in [6.45, 7) is 2.56. The zero-order valence-corrected chi connectivity index (χ0v) is 75.1. The average Bonchev–Trinajstić information content (AvgIpc) is 1.60. The molecule has 71 heteroatoms. The highest BCUT2D eigenvalue weighted by atomic mass is 35.5. The van der Waals surface area contributed by atoms with Crippen LogP contribution in [0.15, 0.2) is 63.1 Å². The quantitative estimate of drug-likeness (QED) is 0.0602. The molecule has 18 N–H and O–H groups in total. The van der Waals surface area contributed by atoms with E-state index in [1.165, 1.54) is 78.7 Å². The summed E-state index contributed by atoms with van der Waals surface area (Å²) < 4.78 is 191. The molecule has 0 bridgehead atoms. The normalized spacial score (nSPS) is 37.7. The molecule has 0 saturated carbocycles. The smallest absolute Gasteiger partial charge is 0.472 e. The Hall–Kier alpha value is -9.03. The van der Waals surface area contributed by atoms with Gasteiger partial charge in [-0.25, -0.2) is 98.4 Å². The van der Waals surface area contributed by atoms with Gasteiger partial charge in [-0.3, -0.25) is 81.8 Å². The van der Waals surface area contributed by atoms with E-state index >= 15 is 0 Å². The van der Waals surface area contributed by atoms with Crippen molar-refractivity contribution in [2.75, 3.05) is 63.2 Å². The van der Waals surface area contributed by atoms with E-state index < -0.39 is 233 Å². The van der Waals surface area contributed by atoms with Crippen molar-refractivity contribution >= 4 is 142 Å². The van der Waals surface area contributed by atoms with Crippen LogP contribution in [0.1, 0.15) is 54.8 Å². The molecule has 21 rings (SSSR count). The number of anilines is 3. The molecule has 726 valence electrons. The second-order valence-corrected chi connectivity index (χ2v) is 40.7. The summed E-state index contributed by atoms with van der Waals surface area (Å²) in [7, 11) is -27.9. The fourth-order valence-corrected chi connectivity index (χ4v) is 22.1. The molecule has 64 nitrogen and oxygen atoms in total. The Bertz CT molecular complexity index is 6800. The van der Waals surface area contributed by atoms with E-state index in [1.807, 2.05) is 0 Å². The number of nitrogens with two attached hydrogens (primary N) is 3. The summed E-state index contributed by atoms with van der Waals surface area (Å²) in [5.74, 6) is 1.31. The SMILES string of the molecule is COc1nc(C)nc2c1ncn2[C@@H]1O[C@@H]2COP(=O)(O)O[C@@H]3C(O)[C@H](n4cnc5c(N)ncnc54)O[C@@H]3OCP(=O)(O)O[C@@H]2C1O.Cc1nc(Cl)c2ncn([C@@H]3O[C@@H]4COP(=O)(O)O[C@@H]5C(O)[C@H](n6cnc7c(N)ncnc76)O[C@@H]5OCP(=O)(O)O[C@@H]4C3O)c2n1.Cc1ncc2ncn([C@@H]3O[C@@H]4COP(=O)(O)O[C@@H]5C(O)[C@H](n6cnc7c(N)ncnc76)O[C@@H]5OCP(=O)(O)O[C@@H]4C3O)c2n1. The summed E-state index contributed by atoms with van der Waals surface area (Å²) in [6.07, 6.45) is -27.9. The lowest BCUT2D eigenvalue weighted by Gasteiger charge is -2.28.